The molecule has 1 unspecified atom stereocenters. The predicted molar refractivity (Wildman–Crippen MR) is 100 cm³/mol. The molecule has 4 rings (SSSR count). The van der Waals surface area contributed by atoms with Gasteiger partial charge in [0.2, 0.25) is 5.91 Å². The Labute approximate surface area is 150 Å². The minimum atomic E-state index is -0.0698. The molecule has 0 saturated heterocycles. The summed E-state index contributed by atoms with van der Waals surface area (Å²) in [4.78, 5) is 14.2. The lowest BCUT2D eigenvalue weighted by Gasteiger charge is -2.33. The van der Waals surface area contributed by atoms with Crippen LogP contribution in [0.2, 0.25) is 10.0 Å². The molecule has 4 heteroatoms. The molecular formula is C20H15Cl2NO. The number of fused-ring (bicyclic) bond motifs is 3. The van der Waals surface area contributed by atoms with E-state index in [1.54, 1.807) is 11.0 Å². The first-order valence-corrected chi connectivity index (χ1v) is 8.55. The summed E-state index contributed by atoms with van der Waals surface area (Å²) in [7, 11) is 1.83. The normalized spacial score (nSPS) is 17.2. The lowest BCUT2D eigenvalue weighted by atomic mass is 9.81. The predicted octanol–water partition coefficient (Wildman–Crippen LogP) is 5.65. The molecule has 0 fully saturated rings. The highest BCUT2D eigenvalue weighted by molar-refractivity contribution is 6.35. The summed E-state index contributed by atoms with van der Waals surface area (Å²) in [5, 5.41) is 3.52. The molecule has 0 radical (unpaired) electrons. The van der Waals surface area contributed by atoms with Crippen molar-refractivity contribution in [2.45, 2.75) is 12.3 Å². The van der Waals surface area contributed by atoms with Crippen molar-refractivity contribution in [3.8, 4) is 0 Å². The van der Waals surface area contributed by atoms with Gasteiger partial charge in [-0.15, -0.1) is 0 Å². The average molecular weight is 356 g/mol. The zero-order valence-electron chi connectivity index (χ0n) is 13.1. The summed E-state index contributed by atoms with van der Waals surface area (Å²) in [6.07, 6.45) is 0.402. The van der Waals surface area contributed by atoms with Gasteiger partial charge in [-0.25, -0.2) is 0 Å². The van der Waals surface area contributed by atoms with Crippen molar-refractivity contribution in [1.82, 2.24) is 0 Å². The van der Waals surface area contributed by atoms with Gasteiger partial charge in [0.1, 0.15) is 0 Å². The lowest BCUT2D eigenvalue weighted by molar-refractivity contribution is -0.118. The van der Waals surface area contributed by atoms with Crippen molar-refractivity contribution in [2.24, 2.45) is 0 Å². The third kappa shape index (κ3) is 2.38. The number of anilines is 1. The molecule has 0 aromatic heterocycles. The van der Waals surface area contributed by atoms with Crippen molar-refractivity contribution >= 4 is 45.6 Å². The number of benzene rings is 3. The van der Waals surface area contributed by atoms with Crippen LogP contribution in [0.1, 0.15) is 23.5 Å². The fourth-order valence-corrected chi connectivity index (χ4v) is 4.08. The Morgan fingerprint density at radius 2 is 1.83 bits per heavy atom. The zero-order chi connectivity index (χ0) is 16.8. The van der Waals surface area contributed by atoms with Gasteiger partial charge in [0, 0.05) is 35.1 Å². The minimum Gasteiger partial charge on any atom is -0.315 e. The first-order valence-electron chi connectivity index (χ1n) is 7.79. The highest BCUT2D eigenvalue weighted by atomic mass is 35.5. The van der Waals surface area contributed by atoms with Crippen LogP contribution < -0.4 is 4.90 Å². The monoisotopic (exact) mass is 355 g/mol. The molecule has 120 valence electrons. The number of hydrogen-bond donors (Lipinski definition) is 0. The third-order valence-corrected chi connectivity index (χ3v) is 5.31. The van der Waals surface area contributed by atoms with Gasteiger partial charge in [0.15, 0.2) is 0 Å². The summed E-state index contributed by atoms with van der Waals surface area (Å²) in [5.41, 5.74) is 3.04. The topological polar surface area (TPSA) is 20.3 Å². The molecule has 1 aliphatic heterocycles. The van der Waals surface area contributed by atoms with Crippen LogP contribution in [0.15, 0.2) is 54.6 Å². The quantitative estimate of drug-likeness (QED) is 0.552. The van der Waals surface area contributed by atoms with Crippen LogP contribution in [0.3, 0.4) is 0 Å². The standard InChI is InChI=1S/C20H15Cl2NO/c1-23-18-9-6-12-4-2-3-5-14(12)20(18)16(11-19(23)24)15-8-7-13(21)10-17(15)22/h2-10,16H,11H2,1H3. The van der Waals surface area contributed by atoms with E-state index < -0.39 is 0 Å². The number of amides is 1. The molecule has 0 aliphatic carbocycles. The number of hydrogen-bond acceptors (Lipinski definition) is 1. The largest absolute Gasteiger partial charge is 0.315 e. The van der Waals surface area contributed by atoms with E-state index in [0.717, 1.165) is 27.6 Å². The van der Waals surface area contributed by atoms with Gasteiger partial charge in [-0.3, -0.25) is 4.79 Å². The summed E-state index contributed by atoms with van der Waals surface area (Å²) in [6, 6.07) is 17.8. The van der Waals surface area contributed by atoms with E-state index in [1.807, 2.05) is 37.4 Å². The maximum Gasteiger partial charge on any atom is 0.227 e. The van der Waals surface area contributed by atoms with Crippen molar-refractivity contribution in [1.29, 1.82) is 0 Å². The Hall–Kier alpha value is -2.03. The summed E-state index contributed by atoms with van der Waals surface area (Å²) in [5.74, 6) is 0.0216. The van der Waals surface area contributed by atoms with Crippen LogP contribution in [0, 0.1) is 0 Å². The number of carbonyl (C=O) groups excluding carboxylic acids is 1. The molecule has 1 aliphatic rings. The van der Waals surface area contributed by atoms with E-state index in [1.165, 1.54) is 0 Å². The van der Waals surface area contributed by atoms with Crippen LogP contribution in [-0.4, -0.2) is 13.0 Å². The molecule has 2 nitrogen and oxygen atoms in total. The van der Waals surface area contributed by atoms with E-state index in [9.17, 15) is 4.79 Å². The van der Waals surface area contributed by atoms with Gasteiger partial charge in [-0.1, -0.05) is 59.6 Å². The molecule has 0 saturated carbocycles. The van der Waals surface area contributed by atoms with Gasteiger partial charge in [-0.2, -0.15) is 0 Å². The maximum atomic E-state index is 12.5. The average Bonchev–Trinajstić information content (AvgIpc) is 2.58. The zero-order valence-corrected chi connectivity index (χ0v) is 14.6. The minimum absolute atomic E-state index is 0.0698. The Bertz CT molecular complexity index is 967. The fraction of sp³-hybridized carbons (Fsp3) is 0.150. The van der Waals surface area contributed by atoms with Gasteiger partial charge in [0.05, 0.1) is 0 Å². The number of rotatable bonds is 1. The van der Waals surface area contributed by atoms with Crippen molar-refractivity contribution in [2.75, 3.05) is 11.9 Å². The summed E-state index contributed by atoms with van der Waals surface area (Å²) >= 11 is 12.5. The molecule has 3 aromatic carbocycles. The first kappa shape index (κ1) is 15.5. The van der Waals surface area contributed by atoms with Gasteiger partial charge in [0.25, 0.3) is 0 Å². The molecule has 3 aromatic rings. The van der Waals surface area contributed by atoms with Crippen molar-refractivity contribution in [3.05, 3.63) is 75.8 Å². The van der Waals surface area contributed by atoms with Crippen molar-refractivity contribution in [3.63, 3.8) is 0 Å². The lowest BCUT2D eigenvalue weighted by Crippen LogP contribution is -2.33. The van der Waals surface area contributed by atoms with E-state index in [-0.39, 0.29) is 11.8 Å². The SMILES string of the molecule is CN1C(=O)CC(c2ccc(Cl)cc2Cl)c2c1ccc1ccccc21. The van der Waals surface area contributed by atoms with Crippen LogP contribution in [0.5, 0.6) is 0 Å². The number of halogens is 2. The number of carbonyl (C=O) groups is 1. The Kier molecular flexibility index (Phi) is 3.75. The van der Waals surface area contributed by atoms with E-state index in [0.29, 0.717) is 16.5 Å². The second-order valence-corrected chi connectivity index (χ2v) is 6.94. The Balaban J connectivity index is 2.02. The van der Waals surface area contributed by atoms with Crippen molar-refractivity contribution < 1.29 is 4.79 Å². The molecule has 0 N–H and O–H groups in total. The fourth-order valence-electron chi connectivity index (χ4n) is 3.54. The van der Waals surface area contributed by atoms with Crippen LogP contribution in [0.25, 0.3) is 10.8 Å². The molecule has 1 heterocycles. The maximum absolute atomic E-state index is 12.5. The Morgan fingerprint density at radius 1 is 1.04 bits per heavy atom. The highest BCUT2D eigenvalue weighted by Crippen LogP contribution is 2.45. The smallest absolute Gasteiger partial charge is 0.227 e. The van der Waals surface area contributed by atoms with Crippen LogP contribution in [0.4, 0.5) is 5.69 Å². The second-order valence-electron chi connectivity index (χ2n) is 6.09. The molecule has 1 amide bonds. The molecule has 24 heavy (non-hydrogen) atoms. The van der Waals surface area contributed by atoms with Gasteiger partial charge < -0.3 is 4.90 Å². The van der Waals surface area contributed by atoms with Crippen LogP contribution >= 0.6 is 23.2 Å². The Morgan fingerprint density at radius 3 is 2.62 bits per heavy atom. The molecule has 0 bridgehead atoms. The van der Waals surface area contributed by atoms with Gasteiger partial charge >= 0.3 is 0 Å². The summed E-state index contributed by atoms with van der Waals surface area (Å²) in [6.45, 7) is 0. The van der Waals surface area contributed by atoms with Crippen LogP contribution in [-0.2, 0) is 4.79 Å². The first-order chi connectivity index (χ1) is 11.6. The van der Waals surface area contributed by atoms with E-state index in [4.69, 9.17) is 23.2 Å². The van der Waals surface area contributed by atoms with E-state index in [2.05, 4.69) is 18.2 Å². The molecular weight excluding hydrogens is 341 g/mol. The highest BCUT2D eigenvalue weighted by Gasteiger charge is 2.32. The molecule has 0 spiro atoms. The van der Waals surface area contributed by atoms with E-state index >= 15 is 0 Å². The summed E-state index contributed by atoms with van der Waals surface area (Å²) < 4.78 is 0. The molecule has 1 atom stereocenters. The number of nitrogens with zero attached hydrogens (tertiary/aromatic N) is 1. The van der Waals surface area contributed by atoms with Gasteiger partial charge in [-0.05, 0) is 40.1 Å². The third-order valence-electron chi connectivity index (χ3n) is 4.75. The second kappa shape index (κ2) is 5.80.